The van der Waals surface area contributed by atoms with Crippen molar-refractivity contribution in [2.75, 3.05) is 0 Å². The maximum atomic E-state index is 12.0. The molecule has 0 N–H and O–H groups in total. The molecule has 0 aliphatic carbocycles. The summed E-state index contributed by atoms with van der Waals surface area (Å²) in [6.45, 7) is 6.81. The Morgan fingerprint density at radius 1 is 1.26 bits per heavy atom. The predicted octanol–water partition coefficient (Wildman–Crippen LogP) is 2.65. The molecule has 0 fully saturated rings. The first kappa shape index (κ1) is 18.9. The lowest BCUT2D eigenvalue weighted by Gasteiger charge is -2.19. The highest BCUT2D eigenvalue weighted by Crippen LogP contribution is 2.28. The molecule has 0 unspecified atom stereocenters. The molecule has 8 nitrogen and oxygen atoms in total. The third-order valence-corrected chi connectivity index (χ3v) is 4.13. The highest BCUT2D eigenvalue weighted by Gasteiger charge is 2.34. The molecule has 1 amide bonds. The molecule has 0 bridgehead atoms. The quantitative estimate of drug-likeness (QED) is 0.591. The molecule has 2 aromatic rings. The van der Waals surface area contributed by atoms with Crippen LogP contribution >= 0.6 is 11.6 Å². The Morgan fingerprint density at radius 2 is 2.00 bits per heavy atom. The zero-order valence-corrected chi connectivity index (χ0v) is 16.1. The van der Waals surface area contributed by atoms with E-state index >= 15 is 0 Å². The lowest BCUT2D eigenvalue weighted by molar-refractivity contribution is -0.135. The molecule has 2 heterocycles. The molecule has 27 heavy (non-hydrogen) atoms. The van der Waals surface area contributed by atoms with Crippen LogP contribution in [0.2, 0.25) is 5.02 Å². The lowest BCUT2D eigenvalue weighted by Crippen LogP contribution is -2.36. The number of benzene rings is 1. The minimum atomic E-state index is -0.681. The maximum Gasteiger partial charge on any atom is 0.308 e. The maximum absolute atomic E-state index is 12.0. The van der Waals surface area contributed by atoms with E-state index in [4.69, 9.17) is 21.1 Å². The second kappa shape index (κ2) is 7.40. The van der Waals surface area contributed by atoms with Gasteiger partial charge in [-0.25, -0.2) is 0 Å². The van der Waals surface area contributed by atoms with Gasteiger partial charge in [-0.05, 0) is 38.1 Å². The minimum absolute atomic E-state index is 0.149. The topological polar surface area (TPSA) is 86.0 Å². The van der Waals surface area contributed by atoms with Crippen LogP contribution in [0.1, 0.15) is 30.8 Å². The van der Waals surface area contributed by atoms with Gasteiger partial charge in [-0.2, -0.15) is 10.1 Å². The van der Waals surface area contributed by atoms with Gasteiger partial charge in [-0.1, -0.05) is 11.6 Å². The number of hydrogen-bond donors (Lipinski definition) is 0. The zero-order valence-electron chi connectivity index (χ0n) is 15.4. The molecule has 142 valence electrons. The Hall–Kier alpha value is -2.87. The summed E-state index contributed by atoms with van der Waals surface area (Å²) in [7, 11) is 0. The first-order chi connectivity index (χ1) is 12.7. The van der Waals surface area contributed by atoms with E-state index in [1.807, 2.05) is 19.9 Å². The highest BCUT2D eigenvalue weighted by atomic mass is 35.5. The van der Waals surface area contributed by atoms with Crippen molar-refractivity contribution in [2.24, 2.45) is 5.10 Å². The van der Waals surface area contributed by atoms with Gasteiger partial charge in [0, 0.05) is 24.6 Å². The van der Waals surface area contributed by atoms with E-state index in [9.17, 15) is 9.59 Å². The minimum Gasteiger partial charge on any atom is -0.448 e. The van der Waals surface area contributed by atoms with Crippen LogP contribution in [-0.4, -0.2) is 38.8 Å². The molecule has 1 atom stereocenters. The number of carbonyl (C=O) groups is 2. The molecule has 0 saturated carbocycles. The van der Waals surface area contributed by atoms with Gasteiger partial charge in [0.05, 0.1) is 17.8 Å². The van der Waals surface area contributed by atoms with Crippen molar-refractivity contribution in [1.82, 2.24) is 14.8 Å². The molecule has 0 spiro atoms. The fourth-order valence-electron chi connectivity index (χ4n) is 2.79. The predicted molar refractivity (Wildman–Crippen MR) is 98.4 cm³/mol. The Labute approximate surface area is 161 Å². The number of aryl methyl sites for hydroxylation is 2. The highest BCUT2D eigenvalue weighted by molar-refractivity contribution is 6.31. The van der Waals surface area contributed by atoms with E-state index in [-0.39, 0.29) is 17.6 Å². The fourth-order valence-corrected chi connectivity index (χ4v) is 2.96. The molecule has 3 rings (SSSR count). The van der Waals surface area contributed by atoms with Crippen molar-refractivity contribution in [2.45, 2.75) is 40.5 Å². The first-order valence-electron chi connectivity index (χ1n) is 8.29. The average molecular weight is 391 g/mol. The zero-order chi connectivity index (χ0) is 19.7. The van der Waals surface area contributed by atoms with Crippen molar-refractivity contribution < 1.29 is 19.1 Å². The van der Waals surface area contributed by atoms with E-state index in [0.29, 0.717) is 17.1 Å². The molecule has 1 aliphatic heterocycles. The third kappa shape index (κ3) is 4.11. The van der Waals surface area contributed by atoms with Gasteiger partial charge in [0.25, 0.3) is 0 Å². The summed E-state index contributed by atoms with van der Waals surface area (Å²) < 4.78 is 12.9. The summed E-state index contributed by atoms with van der Waals surface area (Å²) in [5.41, 5.74) is 2.20. The Balaban J connectivity index is 1.92. The normalized spacial score (nSPS) is 16.1. The van der Waals surface area contributed by atoms with Gasteiger partial charge >= 0.3 is 5.97 Å². The second-order valence-corrected chi connectivity index (χ2v) is 6.62. The van der Waals surface area contributed by atoms with Crippen molar-refractivity contribution in [1.29, 1.82) is 0 Å². The molecule has 1 aromatic heterocycles. The first-order valence-corrected chi connectivity index (χ1v) is 8.67. The third-order valence-electron chi connectivity index (χ3n) is 3.90. The van der Waals surface area contributed by atoms with Crippen LogP contribution in [0, 0.1) is 13.8 Å². The van der Waals surface area contributed by atoms with Crippen LogP contribution in [-0.2, 0) is 20.9 Å². The summed E-state index contributed by atoms with van der Waals surface area (Å²) in [5.74, 6) is -0.372. The van der Waals surface area contributed by atoms with Crippen molar-refractivity contribution in [3.05, 3.63) is 46.2 Å². The van der Waals surface area contributed by atoms with Gasteiger partial charge in [-0.3, -0.25) is 14.3 Å². The van der Waals surface area contributed by atoms with Crippen molar-refractivity contribution >= 4 is 29.4 Å². The van der Waals surface area contributed by atoms with E-state index in [1.165, 1.54) is 18.9 Å². The number of hydrogen-bond acceptors (Lipinski definition) is 6. The fraction of sp³-hybridized carbons (Fsp3) is 0.333. The van der Waals surface area contributed by atoms with Crippen LogP contribution in [0.4, 0.5) is 0 Å². The van der Waals surface area contributed by atoms with Crippen molar-refractivity contribution in [3.8, 4) is 5.75 Å². The molecule has 0 saturated heterocycles. The molecule has 1 aromatic carbocycles. The summed E-state index contributed by atoms with van der Waals surface area (Å²) >= 11 is 6.07. The van der Waals surface area contributed by atoms with Gasteiger partial charge in [0.1, 0.15) is 5.75 Å². The number of esters is 1. The average Bonchev–Trinajstić information content (AvgIpc) is 3.12. The Kier molecular flexibility index (Phi) is 5.18. The summed E-state index contributed by atoms with van der Waals surface area (Å²) in [6.07, 6.45) is -0.681. The second-order valence-electron chi connectivity index (χ2n) is 6.18. The van der Waals surface area contributed by atoms with E-state index in [0.717, 1.165) is 11.4 Å². The molecule has 1 aliphatic rings. The lowest BCUT2D eigenvalue weighted by atomic mass is 10.2. The summed E-state index contributed by atoms with van der Waals surface area (Å²) in [5, 5.41) is 10.3. The molecular formula is C18H19ClN4O4. The summed E-state index contributed by atoms with van der Waals surface area (Å²) in [6, 6.07) is 6.65. The van der Waals surface area contributed by atoms with Gasteiger partial charge < -0.3 is 9.47 Å². The molecule has 0 radical (unpaired) electrons. The standard InChI is InChI=1S/C18H19ClN4O4/c1-10-7-11(2)22(20-10)9-17-23(12(3)24)21-18(27-17)15-8-14(19)5-6-16(15)26-13(4)25/h5-8,17H,9H2,1-4H3/t17-/m1/s1. The Morgan fingerprint density at radius 3 is 2.59 bits per heavy atom. The van der Waals surface area contributed by atoms with Crippen molar-refractivity contribution in [3.63, 3.8) is 0 Å². The van der Waals surface area contributed by atoms with Crippen LogP contribution in [0.5, 0.6) is 5.75 Å². The van der Waals surface area contributed by atoms with Crippen LogP contribution in [0.25, 0.3) is 0 Å². The van der Waals surface area contributed by atoms with Crippen LogP contribution in [0.3, 0.4) is 0 Å². The van der Waals surface area contributed by atoms with E-state index in [1.54, 1.807) is 22.9 Å². The number of hydrazone groups is 1. The van der Waals surface area contributed by atoms with Crippen LogP contribution in [0.15, 0.2) is 29.4 Å². The number of rotatable bonds is 4. The number of ether oxygens (including phenoxy) is 2. The SMILES string of the molecule is CC(=O)Oc1ccc(Cl)cc1C1=NN(C(C)=O)[C@@H](Cn2nc(C)cc2C)O1. The Bertz CT molecular complexity index is 937. The monoisotopic (exact) mass is 390 g/mol. The number of carbonyl (C=O) groups excluding carboxylic acids is 2. The smallest absolute Gasteiger partial charge is 0.308 e. The van der Waals surface area contributed by atoms with Gasteiger partial charge in [0.15, 0.2) is 0 Å². The molecule has 9 heteroatoms. The van der Waals surface area contributed by atoms with Gasteiger partial charge in [0.2, 0.25) is 18.0 Å². The number of aromatic nitrogens is 2. The summed E-state index contributed by atoms with van der Waals surface area (Å²) in [4.78, 5) is 23.4. The van der Waals surface area contributed by atoms with Gasteiger partial charge in [-0.15, -0.1) is 5.10 Å². The largest absolute Gasteiger partial charge is 0.448 e. The van der Waals surface area contributed by atoms with Crippen LogP contribution < -0.4 is 4.74 Å². The molecular weight excluding hydrogens is 372 g/mol. The number of halogens is 1. The number of amides is 1. The van der Waals surface area contributed by atoms with E-state index in [2.05, 4.69) is 10.2 Å². The van der Waals surface area contributed by atoms with E-state index < -0.39 is 12.2 Å². The number of nitrogens with zero attached hydrogens (tertiary/aromatic N) is 4.